The Hall–Kier alpha value is -4.09. The lowest BCUT2D eigenvalue weighted by molar-refractivity contribution is -0.138. The number of benzene rings is 1. The molecule has 0 radical (unpaired) electrons. The molecule has 35 heavy (non-hydrogen) atoms. The van der Waals surface area contributed by atoms with E-state index in [0.717, 1.165) is 11.8 Å². The number of hydrogen-bond acceptors (Lipinski definition) is 7. The van der Waals surface area contributed by atoms with Crippen LogP contribution in [0.15, 0.2) is 48.8 Å². The zero-order valence-electron chi connectivity index (χ0n) is 18.8. The molecule has 3 heterocycles. The number of aryl methyl sites for hydroxylation is 1. The van der Waals surface area contributed by atoms with E-state index in [1.807, 2.05) is 11.8 Å². The van der Waals surface area contributed by atoms with Crippen molar-refractivity contribution in [3.63, 3.8) is 0 Å². The van der Waals surface area contributed by atoms with Gasteiger partial charge in [-0.2, -0.15) is 13.2 Å². The molecule has 182 valence electrons. The van der Waals surface area contributed by atoms with Gasteiger partial charge in [0.1, 0.15) is 0 Å². The van der Waals surface area contributed by atoms with E-state index >= 15 is 0 Å². The molecule has 1 aliphatic rings. The molecule has 0 bridgehead atoms. The Labute approximate surface area is 199 Å². The first-order chi connectivity index (χ1) is 16.7. The SMILES string of the molecule is Cc1cnc(CNC(=O)c2ccc(N3CCN(C(=O)c4ccccc4C(F)(F)F)CC3)nn2)cn1. The number of amides is 2. The Morgan fingerprint density at radius 3 is 2.34 bits per heavy atom. The van der Waals surface area contributed by atoms with Crippen LogP contribution in [0.5, 0.6) is 0 Å². The van der Waals surface area contributed by atoms with Crippen molar-refractivity contribution in [3.05, 3.63) is 77.0 Å². The number of anilines is 1. The maximum absolute atomic E-state index is 13.3. The Kier molecular flexibility index (Phi) is 6.90. The zero-order valence-corrected chi connectivity index (χ0v) is 18.8. The Morgan fingerprint density at radius 1 is 0.971 bits per heavy atom. The molecule has 4 rings (SSSR count). The quantitative estimate of drug-likeness (QED) is 0.592. The van der Waals surface area contributed by atoms with Gasteiger partial charge in [0.2, 0.25) is 0 Å². The van der Waals surface area contributed by atoms with Gasteiger partial charge in [0, 0.05) is 32.4 Å². The summed E-state index contributed by atoms with van der Waals surface area (Å²) >= 11 is 0. The summed E-state index contributed by atoms with van der Waals surface area (Å²) in [5.74, 6) is -0.562. The van der Waals surface area contributed by atoms with E-state index in [1.165, 1.54) is 29.2 Å². The van der Waals surface area contributed by atoms with Crippen molar-refractivity contribution in [3.8, 4) is 0 Å². The van der Waals surface area contributed by atoms with Crippen molar-refractivity contribution in [1.82, 2.24) is 30.4 Å². The zero-order chi connectivity index (χ0) is 25.0. The minimum atomic E-state index is -4.61. The maximum Gasteiger partial charge on any atom is 0.417 e. The van der Waals surface area contributed by atoms with Gasteiger partial charge in [-0.15, -0.1) is 10.2 Å². The molecule has 0 unspecified atom stereocenters. The first-order valence-corrected chi connectivity index (χ1v) is 10.8. The van der Waals surface area contributed by atoms with Crippen LogP contribution in [0.2, 0.25) is 0 Å². The van der Waals surface area contributed by atoms with E-state index in [4.69, 9.17) is 0 Å². The molecule has 1 aliphatic heterocycles. The number of nitrogens with one attached hydrogen (secondary N) is 1. The minimum Gasteiger partial charge on any atom is -0.352 e. The summed E-state index contributed by atoms with van der Waals surface area (Å²) in [6.45, 7) is 3.21. The summed E-state index contributed by atoms with van der Waals surface area (Å²) in [6.07, 6.45) is -1.42. The third-order valence-corrected chi connectivity index (χ3v) is 5.50. The van der Waals surface area contributed by atoms with Crippen LogP contribution in [0.25, 0.3) is 0 Å². The van der Waals surface area contributed by atoms with Gasteiger partial charge in [-0.25, -0.2) is 0 Å². The molecule has 1 fully saturated rings. The van der Waals surface area contributed by atoms with Crippen LogP contribution < -0.4 is 10.2 Å². The summed E-state index contributed by atoms with van der Waals surface area (Å²) in [5, 5.41) is 10.8. The van der Waals surface area contributed by atoms with Crippen LogP contribution in [-0.2, 0) is 12.7 Å². The number of halogens is 3. The van der Waals surface area contributed by atoms with Crippen molar-refractivity contribution in [2.24, 2.45) is 0 Å². The van der Waals surface area contributed by atoms with E-state index in [2.05, 4.69) is 25.5 Å². The molecule has 0 aliphatic carbocycles. The predicted octanol–water partition coefficient (Wildman–Crippen LogP) is 2.49. The number of carbonyl (C=O) groups is 2. The molecule has 1 saturated heterocycles. The molecule has 2 aromatic heterocycles. The minimum absolute atomic E-state index is 0.131. The van der Waals surface area contributed by atoms with Crippen molar-refractivity contribution in [2.45, 2.75) is 19.6 Å². The van der Waals surface area contributed by atoms with Gasteiger partial charge in [0.25, 0.3) is 11.8 Å². The highest BCUT2D eigenvalue weighted by molar-refractivity contribution is 5.96. The van der Waals surface area contributed by atoms with Crippen molar-refractivity contribution in [2.75, 3.05) is 31.1 Å². The van der Waals surface area contributed by atoms with E-state index in [1.54, 1.807) is 18.5 Å². The molecule has 0 atom stereocenters. The lowest BCUT2D eigenvalue weighted by atomic mass is 10.1. The molecule has 12 heteroatoms. The largest absolute Gasteiger partial charge is 0.417 e. The van der Waals surface area contributed by atoms with E-state index in [-0.39, 0.29) is 30.9 Å². The number of piperazine rings is 1. The first-order valence-electron chi connectivity index (χ1n) is 10.8. The molecule has 1 N–H and O–H groups in total. The highest BCUT2D eigenvalue weighted by Gasteiger charge is 2.36. The van der Waals surface area contributed by atoms with Gasteiger partial charge in [0.05, 0.1) is 35.3 Å². The normalized spacial score (nSPS) is 14.1. The third-order valence-electron chi connectivity index (χ3n) is 5.50. The highest BCUT2D eigenvalue weighted by Crippen LogP contribution is 2.32. The van der Waals surface area contributed by atoms with Gasteiger partial charge in [-0.05, 0) is 31.2 Å². The van der Waals surface area contributed by atoms with Crippen LogP contribution in [0.1, 0.15) is 37.8 Å². The van der Waals surface area contributed by atoms with E-state index < -0.39 is 23.6 Å². The summed E-state index contributed by atoms with van der Waals surface area (Å²) in [5.41, 5.74) is 0.213. The molecule has 2 amide bonds. The van der Waals surface area contributed by atoms with Gasteiger partial charge >= 0.3 is 6.18 Å². The second-order valence-electron chi connectivity index (χ2n) is 7.93. The Morgan fingerprint density at radius 2 is 1.71 bits per heavy atom. The van der Waals surface area contributed by atoms with Crippen molar-refractivity contribution < 1.29 is 22.8 Å². The van der Waals surface area contributed by atoms with Gasteiger partial charge < -0.3 is 15.1 Å². The monoisotopic (exact) mass is 485 g/mol. The number of rotatable bonds is 5. The lowest BCUT2D eigenvalue weighted by Gasteiger charge is -2.35. The smallest absolute Gasteiger partial charge is 0.352 e. The van der Waals surface area contributed by atoms with Crippen LogP contribution in [-0.4, -0.2) is 63.1 Å². The number of nitrogens with zero attached hydrogens (tertiary/aromatic N) is 6. The fraction of sp³-hybridized carbons (Fsp3) is 0.304. The molecule has 0 spiro atoms. The molecule has 1 aromatic carbocycles. The summed E-state index contributed by atoms with van der Waals surface area (Å²) < 4.78 is 39.8. The third kappa shape index (κ3) is 5.70. The fourth-order valence-corrected chi connectivity index (χ4v) is 3.61. The number of aromatic nitrogens is 4. The summed E-state index contributed by atoms with van der Waals surface area (Å²) in [4.78, 5) is 36.6. The molecule has 9 nitrogen and oxygen atoms in total. The first kappa shape index (κ1) is 24.0. The second kappa shape index (κ2) is 10.0. The number of alkyl halides is 3. The van der Waals surface area contributed by atoms with Crippen LogP contribution in [0.3, 0.4) is 0 Å². The van der Waals surface area contributed by atoms with Gasteiger partial charge in [-0.3, -0.25) is 19.6 Å². The average Bonchev–Trinajstić information content (AvgIpc) is 2.87. The van der Waals surface area contributed by atoms with E-state index in [9.17, 15) is 22.8 Å². The Balaban J connectivity index is 1.33. The van der Waals surface area contributed by atoms with Crippen molar-refractivity contribution in [1.29, 1.82) is 0 Å². The standard InChI is InChI=1S/C23H22F3N7O2/c1-15-12-28-16(13-27-15)14-29-21(34)19-6-7-20(31-30-19)32-8-10-33(11-9-32)22(35)17-4-2-3-5-18(17)23(24,25)26/h2-7,12-13H,8-11,14H2,1H3,(H,29,34). The predicted molar refractivity (Wildman–Crippen MR) is 120 cm³/mol. The fourth-order valence-electron chi connectivity index (χ4n) is 3.61. The summed E-state index contributed by atoms with van der Waals surface area (Å²) in [6, 6.07) is 7.96. The van der Waals surface area contributed by atoms with Gasteiger partial charge in [0.15, 0.2) is 11.5 Å². The lowest BCUT2D eigenvalue weighted by Crippen LogP contribution is -2.49. The van der Waals surface area contributed by atoms with Crippen LogP contribution in [0, 0.1) is 6.92 Å². The molecular formula is C23H22F3N7O2. The molecular weight excluding hydrogens is 463 g/mol. The van der Waals surface area contributed by atoms with Gasteiger partial charge in [-0.1, -0.05) is 12.1 Å². The van der Waals surface area contributed by atoms with Crippen LogP contribution in [0.4, 0.5) is 19.0 Å². The molecule has 3 aromatic rings. The summed E-state index contributed by atoms with van der Waals surface area (Å²) in [7, 11) is 0. The average molecular weight is 485 g/mol. The second-order valence-corrected chi connectivity index (χ2v) is 7.93. The Bertz CT molecular complexity index is 1190. The number of carbonyl (C=O) groups excluding carboxylic acids is 2. The molecule has 0 saturated carbocycles. The van der Waals surface area contributed by atoms with E-state index in [0.29, 0.717) is 24.6 Å². The topological polar surface area (TPSA) is 104 Å². The van der Waals surface area contributed by atoms with Crippen LogP contribution >= 0.6 is 0 Å². The van der Waals surface area contributed by atoms with Crippen molar-refractivity contribution >= 4 is 17.6 Å². The number of hydrogen-bond donors (Lipinski definition) is 1. The maximum atomic E-state index is 13.3. The highest BCUT2D eigenvalue weighted by atomic mass is 19.4.